The van der Waals surface area contributed by atoms with E-state index in [0.717, 1.165) is 46.1 Å². The lowest BCUT2D eigenvalue weighted by Gasteiger charge is -2.22. The number of anilines is 1. The van der Waals surface area contributed by atoms with Gasteiger partial charge in [0.2, 0.25) is 0 Å². The summed E-state index contributed by atoms with van der Waals surface area (Å²) in [6.07, 6.45) is 3.53. The van der Waals surface area contributed by atoms with E-state index in [-0.39, 0.29) is 5.91 Å². The lowest BCUT2D eigenvalue weighted by Crippen LogP contribution is -3.12. The molecule has 3 rings (SSSR count). The van der Waals surface area contributed by atoms with E-state index in [0.29, 0.717) is 6.54 Å². The third-order valence-corrected chi connectivity index (χ3v) is 6.06. The van der Waals surface area contributed by atoms with E-state index in [1.54, 1.807) is 17.4 Å². The highest BCUT2D eigenvalue weighted by atomic mass is 32.1. The van der Waals surface area contributed by atoms with Gasteiger partial charge in [-0.2, -0.15) is 0 Å². The number of likely N-dealkylation sites (N-methyl/N-ethyl adjacent to an activating group) is 1. The van der Waals surface area contributed by atoms with Crippen LogP contribution < -0.4 is 9.80 Å². The molecule has 4 nitrogen and oxygen atoms in total. The van der Waals surface area contributed by atoms with Crippen LogP contribution in [0.5, 0.6) is 0 Å². The minimum Gasteiger partial charge on any atom is -0.334 e. The maximum Gasteiger partial charge on any atom is 0.252 e. The molecule has 0 saturated carbocycles. The van der Waals surface area contributed by atoms with Crippen molar-refractivity contribution < 1.29 is 9.69 Å². The minimum absolute atomic E-state index is 0.0212. The molecule has 5 heteroatoms. The van der Waals surface area contributed by atoms with Crippen LogP contribution in [0.2, 0.25) is 0 Å². The second kappa shape index (κ2) is 9.62. The number of benzene rings is 2. The van der Waals surface area contributed by atoms with E-state index in [9.17, 15) is 4.79 Å². The number of nitrogens with one attached hydrogen (secondary N) is 1. The summed E-state index contributed by atoms with van der Waals surface area (Å²) in [5, 5.41) is 0.776. The van der Waals surface area contributed by atoms with Crippen LogP contribution in [-0.2, 0) is 4.79 Å². The first-order valence-corrected chi connectivity index (χ1v) is 10.7. The number of quaternary nitrogens is 1. The van der Waals surface area contributed by atoms with Gasteiger partial charge in [-0.15, -0.1) is 0 Å². The summed E-state index contributed by atoms with van der Waals surface area (Å²) < 4.78 is 1.12. The van der Waals surface area contributed by atoms with Crippen molar-refractivity contribution in [3.05, 3.63) is 65.7 Å². The monoisotopic (exact) mass is 394 g/mol. The fraction of sp³-hybridized carbons (Fsp3) is 0.304. The lowest BCUT2D eigenvalue weighted by molar-refractivity contribution is -0.894. The SMILES string of the molecule is CC[NH+](CC)CCN(C(=O)/C=C/c1ccccc1)c1nc2c(C)cccc2s1. The number of carbonyl (C=O) groups excluding carboxylic acids is 1. The standard InChI is InChI=1S/C23H27N3OS/c1-4-25(5-2)16-17-26(21(27)15-14-19-11-7-6-8-12-19)23-24-22-18(3)10-9-13-20(22)28-23/h6-15H,4-5,16-17H2,1-3H3/p+1/b15-14+. The third kappa shape index (κ3) is 4.86. The Morgan fingerprint density at radius 1 is 1.11 bits per heavy atom. The van der Waals surface area contributed by atoms with Gasteiger partial charge in [-0.1, -0.05) is 53.8 Å². The smallest absolute Gasteiger partial charge is 0.252 e. The van der Waals surface area contributed by atoms with Gasteiger partial charge in [-0.3, -0.25) is 9.69 Å². The highest BCUT2D eigenvalue weighted by Crippen LogP contribution is 2.30. The second-order valence-electron chi connectivity index (χ2n) is 6.86. The average Bonchev–Trinajstić information content (AvgIpc) is 3.15. The highest BCUT2D eigenvalue weighted by Gasteiger charge is 2.20. The number of thiazole rings is 1. The number of carbonyl (C=O) groups is 1. The molecule has 146 valence electrons. The number of aryl methyl sites for hydroxylation is 1. The van der Waals surface area contributed by atoms with Crippen LogP contribution in [0, 0.1) is 6.92 Å². The quantitative estimate of drug-likeness (QED) is 0.593. The Labute approximate surface area is 171 Å². The van der Waals surface area contributed by atoms with Crippen molar-refractivity contribution in [1.29, 1.82) is 0 Å². The molecule has 0 aliphatic carbocycles. The minimum atomic E-state index is -0.0212. The summed E-state index contributed by atoms with van der Waals surface area (Å²) in [7, 11) is 0. The average molecular weight is 395 g/mol. The molecule has 0 aliphatic rings. The van der Waals surface area contributed by atoms with E-state index in [2.05, 4.69) is 32.9 Å². The molecule has 0 bridgehead atoms. The highest BCUT2D eigenvalue weighted by molar-refractivity contribution is 7.22. The van der Waals surface area contributed by atoms with Crippen LogP contribution in [0.4, 0.5) is 5.13 Å². The number of nitrogens with zero attached hydrogens (tertiary/aromatic N) is 2. The van der Waals surface area contributed by atoms with Crippen LogP contribution >= 0.6 is 11.3 Å². The van der Waals surface area contributed by atoms with E-state index in [4.69, 9.17) is 4.98 Å². The summed E-state index contributed by atoms with van der Waals surface area (Å²) in [4.78, 5) is 21.2. The zero-order valence-corrected chi connectivity index (χ0v) is 17.6. The normalized spacial score (nSPS) is 11.6. The molecule has 0 saturated heterocycles. The molecule has 0 radical (unpaired) electrons. The molecule has 1 amide bonds. The molecular weight excluding hydrogens is 366 g/mol. The zero-order chi connectivity index (χ0) is 19.9. The van der Waals surface area contributed by atoms with Crippen molar-refractivity contribution in [3.63, 3.8) is 0 Å². The van der Waals surface area contributed by atoms with Crippen LogP contribution in [0.25, 0.3) is 16.3 Å². The molecule has 28 heavy (non-hydrogen) atoms. The van der Waals surface area contributed by atoms with Gasteiger partial charge in [0.25, 0.3) is 5.91 Å². The van der Waals surface area contributed by atoms with Gasteiger partial charge in [-0.05, 0) is 44.0 Å². The van der Waals surface area contributed by atoms with Gasteiger partial charge in [0.15, 0.2) is 5.13 Å². The molecule has 0 unspecified atom stereocenters. The van der Waals surface area contributed by atoms with E-state index in [1.807, 2.05) is 47.4 Å². The van der Waals surface area contributed by atoms with Crippen molar-refractivity contribution in [2.75, 3.05) is 31.1 Å². The summed E-state index contributed by atoms with van der Waals surface area (Å²) in [6.45, 7) is 10.1. The largest absolute Gasteiger partial charge is 0.334 e. The summed E-state index contributed by atoms with van der Waals surface area (Å²) >= 11 is 1.59. The van der Waals surface area contributed by atoms with Crippen LogP contribution in [0.1, 0.15) is 25.0 Å². The number of hydrogen-bond donors (Lipinski definition) is 1. The van der Waals surface area contributed by atoms with Gasteiger partial charge >= 0.3 is 0 Å². The molecular formula is C23H28N3OS+. The summed E-state index contributed by atoms with van der Waals surface area (Å²) in [5.41, 5.74) is 3.15. The van der Waals surface area contributed by atoms with Crippen molar-refractivity contribution in [3.8, 4) is 0 Å². The van der Waals surface area contributed by atoms with E-state index < -0.39 is 0 Å². The Balaban J connectivity index is 1.88. The maximum absolute atomic E-state index is 13.1. The second-order valence-corrected chi connectivity index (χ2v) is 7.87. The van der Waals surface area contributed by atoms with E-state index >= 15 is 0 Å². The molecule has 2 aromatic carbocycles. The molecule has 0 fully saturated rings. The molecule has 0 spiro atoms. The van der Waals surface area contributed by atoms with Crippen molar-refractivity contribution >= 4 is 38.7 Å². The third-order valence-electron chi connectivity index (χ3n) is 5.01. The van der Waals surface area contributed by atoms with Gasteiger partial charge in [-0.25, -0.2) is 4.98 Å². The van der Waals surface area contributed by atoms with Gasteiger partial charge in [0.1, 0.15) is 0 Å². The lowest BCUT2D eigenvalue weighted by atomic mass is 10.2. The molecule has 1 heterocycles. The van der Waals surface area contributed by atoms with Crippen LogP contribution in [0.15, 0.2) is 54.6 Å². The molecule has 1 N–H and O–H groups in total. The summed E-state index contributed by atoms with van der Waals surface area (Å²) in [5.74, 6) is -0.0212. The number of aromatic nitrogens is 1. The number of amides is 1. The predicted octanol–water partition coefficient (Wildman–Crippen LogP) is 3.58. The molecule has 0 atom stereocenters. The number of rotatable bonds is 8. The fourth-order valence-corrected chi connectivity index (χ4v) is 4.26. The van der Waals surface area contributed by atoms with Crippen LogP contribution in [-0.4, -0.2) is 37.1 Å². The van der Waals surface area contributed by atoms with Gasteiger partial charge < -0.3 is 4.90 Å². The zero-order valence-electron chi connectivity index (χ0n) is 16.8. The predicted molar refractivity (Wildman–Crippen MR) is 119 cm³/mol. The number of para-hydroxylation sites is 1. The Kier molecular flexibility index (Phi) is 6.95. The first-order chi connectivity index (χ1) is 13.6. The Bertz CT molecular complexity index is 945. The molecule has 1 aromatic heterocycles. The fourth-order valence-electron chi connectivity index (χ4n) is 3.19. The topological polar surface area (TPSA) is 37.6 Å². The van der Waals surface area contributed by atoms with Crippen molar-refractivity contribution in [2.24, 2.45) is 0 Å². The molecule has 3 aromatic rings. The maximum atomic E-state index is 13.1. The number of hydrogen-bond acceptors (Lipinski definition) is 3. The first-order valence-electron chi connectivity index (χ1n) is 9.86. The Morgan fingerprint density at radius 3 is 2.54 bits per heavy atom. The van der Waals surface area contributed by atoms with E-state index in [1.165, 1.54) is 4.90 Å². The number of fused-ring (bicyclic) bond motifs is 1. The van der Waals surface area contributed by atoms with Crippen LogP contribution in [0.3, 0.4) is 0 Å². The van der Waals surface area contributed by atoms with Crippen molar-refractivity contribution in [2.45, 2.75) is 20.8 Å². The first kappa shape index (κ1) is 20.2. The summed E-state index contributed by atoms with van der Waals surface area (Å²) in [6, 6.07) is 16.1. The Hall–Kier alpha value is -2.50. The van der Waals surface area contributed by atoms with Crippen molar-refractivity contribution in [1.82, 2.24) is 4.98 Å². The van der Waals surface area contributed by atoms with Gasteiger partial charge in [0.05, 0.1) is 36.4 Å². The molecule has 0 aliphatic heterocycles. The Morgan fingerprint density at radius 2 is 1.86 bits per heavy atom. The van der Waals surface area contributed by atoms with Gasteiger partial charge in [0, 0.05) is 6.08 Å².